The monoisotopic (exact) mass is 338 g/mol. The van der Waals surface area contributed by atoms with Gasteiger partial charge in [-0.2, -0.15) is 10.4 Å². The lowest BCUT2D eigenvalue weighted by atomic mass is 10.1. The molecule has 1 amide bonds. The van der Waals surface area contributed by atoms with Crippen molar-refractivity contribution in [2.24, 2.45) is 7.05 Å². The highest BCUT2D eigenvalue weighted by Gasteiger charge is 2.23. The van der Waals surface area contributed by atoms with Crippen molar-refractivity contribution in [3.05, 3.63) is 40.8 Å². The molecule has 7 heteroatoms. The molecule has 0 bridgehead atoms. The zero-order valence-corrected chi connectivity index (χ0v) is 14.9. The summed E-state index contributed by atoms with van der Waals surface area (Å²) in [5.74, 6) is 0.997. The molecule has 0 saturated carbocycles. The summed E-state index contributed by atoms with van der Waals surface area (Å²) in [4.78, 5) is 21.0. The van der Waals surface area contributed by atoms with Crippen molar-refractivity contribution in [2.45, 2.75) is 20.3 Å². The molecule has 3 heterocycles. The van der Waals surface area contributed by atoms with Gasteiger partial charge >= 0.3 is 0 Å². The number of nitrogens with zero attached hydrogens (tertiary/aromatic N) is 6. The molecular weight excluding hydrogens is 316 g/mol. The number of hydrogen-bond acceptors (Lipinski definition) is 5. The fourth-order valence-corrected chi connectivity index (χ4v) is 3.16. The summed E-state index contributed by atoms with van der Waals surface area (Å²) in [5, 5.41) is 13.2. The molecule has 0 aromatic carbocycles. The van der Waals surface area contributed by atoms with Gasteiger partial charge in [0.15, 0.2) is 0 Å². The SMILES string of the molecule is Cc1nn(C)c(C)c1CC(=O)N1CCN(c2ccc(C#N)cn2)CC1. The minimum absolute atomic E-state index is 0.145. The molecule has 1 fully saturated rings. The summed E-state index contributed by atoms with van der Waals surface area (Å²) in [6.07, 6.45) is 1.99. The van der Waals surface area contributed by atoms with E-state index in [9.17, 15) is 4.79 Å². The van der Waals surface area contributed by atoms with E-state index in [1.54, 1.807) is 12.3 Å². The number of aryl methyl sites for hydroxylation is 2. The fourth-order valence-electron chi connectivity index (χ4n) is 3.16. The van der Waals surface area contributed by atoms with Gasteiger partial charge in [0.25, 0.3) is 0 Å². The summed E-state index contributed by atoms with van der Waals surface area (Å²) >= 11 is 0. The molecule has 0 spiro atoms. The van der Waals surface area contributed by atoms with Crippen LogP contribution in [-0.4, -0.2) is 51.8 Å². The number of pyridine rings is 1. The zero-order chi connectivity index (χ0) is 18.0. The molecule has 2 aromatic heterocycles. The van der Waals surface area contributed by atoms with Gasteiger partial charge in [-0.15, -0.1) is 0 Å². The van der Waals surface area contributed by atoms with E-state index in [1.165, 1.54) is 0 Å². The van der Waals surface area contributed by atoms with Crippen molar-refractivity contribution < 1.29 is 4.79 Å². The van der Waals surface area contributed by atoms with Crippen molar-refractivity contribution >= 4 is 11.7 Å². The second-order valence-corrected chi connectivity index (χ2v) is 6.33. The number of aromatic nitrogens is 3. The summed E-state index contributed by atoms with van der Waals surface area (Å²) in [6.45, 7) is 6.80. The number of anilines is 1. The molecule has 0 unspecified atom stereocenters. The molecule has 3 rings (SSSR count). The van der Waals surface area contributed by atoms with Gasteiger partial charge in [0.1, 0.15) is 11.9 Å². The van der Waals surface area contributed by atoms with E-state index < -0.39 is 0 Å². The minimum atomic E-state index is 0.145. The first-order chi connectivity index (χ1) is 12.0. The Morgan fingerprint density at radius 1 is 1.24 bits per heavy atom. The van der Waals surface area contributed by atoms with E-state index in [-0.39, 0.29) is 5.91 Å². The van der Waals surface area contributed by atoms with E-state index in [2.05, 4.69) is 21.1 Å². The maximum Gasteiger partial charge on any atom is 0.227 e. The third kappa shape index (κ3) is 3.48. The lowest BCUT2D eigenvalue weighted by Crippen LogP contribution is -2.49. The van der Waals surface area contributed by atoms with Crippen molar-refractivity contribution in [1.82, 2.24) is 19.7 Å². The van der Waals surface area contributed by atoms with Crippen molar-refractivity contribution in [3.63, 3.8) is 0 Å². The lowest BCUT2D eigenvalue weighted by molar-refractivity contribution is -0.130. The Labute approximate surface area is 147 Å². The number of rotatable bonds is 3. The van der Waals surface area contributed by atoms with E-state index in [0.717, 1.165) is 35.9 Å². The molecule has 1 aliphatic heterocycles. The smallest absolute Gasteiger partial charge is 0.227 e. The first kappa shape index (κ1) is 17.0. The molecule has 2 aromatic rings. The second-order valence-electron chi connectivity index (χ2n) is 6.33. The Kier molecular flexibility index (Phi) is 4.70. The summed E-state index contributed by atoms with van der Waals surface area (Å²) < 4.78 is 1.83. The van der Waals surface area contributed by atoms with Crippen LogP contribution in [0.4, 0.5) is 5.82 Å². The van der Waals surface area contributed by atoms with Crippen LogP contribution in [0, 0.1) is 25.2 Å². The van der Waals surface area contributed by atoms with Gasteiger partial charge in [-0.25, -0.2) is 4.98 Å². The Morgan fingerprint density at radius 2 is 1.96 bits per heavy atom. The highest BCUT2D eigenvalue weighted by molar-refractivity contribution is 5.79. The molecule has 0 N–H and O–H groups in total. The molecule has 0 atom stereocenters. The van der Waals surface area contributed by atoms with Crippen LogP contribution in [0.3, 0.4) is 0 Å². The van der Waals surface area contributed by atoms with Crippen LogP contribution in [0.25, 0.3) is 0 Å². The van der Waals surface area contributed by atoms with E-state index in [0.29, 0.717) is 25.1 Å². The third-order valence-electron chi connectivity index (χ3n) is 4.82. The summed E-state index contributed by atoms with van der Waals surface area (Å²) in [5.41, 5.74) is 3.56. The number of amides is 1. The standard InChI is InChI=1S/C18H22N6O/c1-13-16(14(2)22(3)21-13)10-18(25)24-8-6-23(7-9-24)17-5-4-15(11-19)12-20-17/h4-5,12H,6-10H2,1-3H3. The second kappa shape index (κ2) is 6.93. The largest absolute Gasteiger partial charge is 0.353 e. The van der Waals surface area contributed by atoms with Crippen LogP contribution in [0.1, 0.15) is 22.5 Å². The van der Waals surface area contributed by atoms with Crippen LogP contribution in [0.15, 0.2) is 18.3 Å². The average molecular weight is 338 g/mol. The number of carbonyl (C=O) groups excluding carboxylic acids is 1. The Hall–Kier alpha value is -2.88. The molecule has 130 valence electrons. The Bertz CT molecular complexity index is 809. The van der Waals surface area contributed by atoms with Crippen LogP contribution in [-0.2, 0) is 18.3 Å². The van der Waals surface area contributed by atoms with Crippen LogP contribution >= 0.6 is 0 Å². The van der Waals surface area contributed by atoms with Crippen LogP contribution in [0.5, 0.6) is 0 Å². The number of carbonyl (C=O) groups is 1. The number of nitriles is 1. The van der Waals surface area contributed by atoms with E-state index >= 15 is 0 Å². The van der Waals surface area contributed by atoms with Crippen LogP contribution in [0.2, 0.25) is 0 Å². The predicted octanol–water partition coefficient (Wildman–Crippen LogP) is 1.19. The molecular formula is C18H22N6O. The van der Waals surface area contributed by atoms with Gasteiger partial charge in [0.05, 0.1) is 17.7 Å². The molecule has 0 aliphatic carbocycles. The Morgan fingerprint density at radius 3 is 2.48 bits per heavy atom. The van der Waals surface area contributed by atoms with Crippen LogP contribution < -0.4 is 4.90 Å². The first-order valence-electron chi connectivity index (χ1n) is 8.37. The van der Waals surface area contributed by atoms with Crippen molar-refractivity contribution in [3.8, 4) is 6.07 Å². The van der Waals surface area contributed by atoms with Gasteiger partial charge in [0.2, 0.25) is 5.91 Å². The fraction of sp³-hybridized carbons (Fsp3) is 0.444. The average Bonchev–Trinajstić information content (AvgIpc) is 2.88. The quantitative estimate of drug-likeness (QED) is 0.840. The molecule has 1 aliphatic rings. The number of piperazine rings is 1. The highest BCUT2D eigenvalue weighted by atomic mass is 16.2. The third-order valence-corrected chi connectivity index (χ3v) is 4.82. The van der Waals surface area contributed by atoms with Gasteiger partial charge in [-0.05, 0) is 26.0 Å². The first-order valence-corrected chi connectivity index (χ1v) is 8.37. The Balaban J connectivity index is 1.59. The van der Waals surface area contributed by atoms with Gasteiger partial charge in [-0.1, -0.05) is 0 Å². The predicted molar refractivity (Wildman–Crippen MR) is 94.1 cm³/mol. The minimum Gasteiger partial charge on any atom is -0.353 e. The number of hydrogen-bond donors (Lipinski definition) is 0. The molecule has 1 saturated heterocycles. The van der Waals surface area contributed by atoms with Gasteiger partial charge in [0, 0.05) is 50.7 Å². The van der Waals surface area contributed by atoms with Crippen molar-refractivity contribution in [1.29, 1.82) is 5.26 Å². The van der Waals surface area contributed by atoms with Gasteiger partial charge in [-0.3, -0.25) is 9.48 Å². The lowest BCUT2D eigenvalue weighted by Gasteiger charge is -2.35. The maximum absolute atomic E-state index is 12.6. The van der Waals surface area contributed by atoms with Crippen molar-refractivity contribution in [2.75, 3.05) is 31.1 Å². The van der Waals surface area contributed by atoms with Gasteiger partial charge < -0.3 is 9.80 Å². The highest BCUT2D eigenvalue weighted by Crippen LogP contribution is 2.17. The molecule has 7 nitrogen and oxygen atoms in total. The zero-order valence-electron chi connectivity index (χ0n) is 14.9. The van der Waals surface area contributed by atoms with E-state index in [1.807, 2.05) is 36.5 Å². The molecule has 25 heavy (non-hydrogen) atoms. The maximum atomic E-state index is 12.6. The summed E-state index contributed by atoms with van der Waals surface area (Å²) in [6, 6.07) is 5.70. The molecule has 0 radical (unpaired) electrons. The summed E-state index contributed by atoms with van der Waals surface area (Å²) in [7, 11) is 1.90. The normalized spacial score (nSPS) is 14.5. The topological polar surface area (TPSA) is 78.0 Å². The van der Waals surface area contributed by atoms with E-state index in [4.69, 9.17) is 5.26 Å².